The van der Waals surface area contributed by atoms with Gasteiger partial charge < -0.3 is 25.6 Å². The SMILES string of the molecule is CCCC1(C)C(C)(C)[C@]12C[C@@H](C(=O)N[C@]1(C(=O)NS(=O)(=O)N3CCCC3)C[C@H]1CC)N(C(=O)[C@@H](NC(=O)[C@@H](NC(=O)OC(C)(C)C)C1CCCCC1)C(C)(C)C)C2. The third kappa shape index (κ3) is 8.57. The van der Waals surface area contributed by atoms with Gasteiger partial charge in [-0.1, -0.05) is 87.5 Å². The van der Waals surface area contributed by atoms with Crippen LogP contribution in [0.25, 0.3) is 0 Å². The van der Waals surface area contributed by atoms with Crippen LogP contribution in [0.4, 0.5) is 4.79 Å². The second-order valence-corrected chi connectivity index (χ2v) is 22.3. The minimum atomic E-state index is -4.09. The van der Waals surface area contributed by atoms with Crippen molar-refractivity contribution in [3.05, 3.63) is 0 Å². The Morgan fingerprint density at radius 3 is 2.00 bits per heavy atom. The van der Waals surface area contributed by atoms with Crippen LogP contribution in [0.2, 0.25) is 0 Å². The van der Waals surface area contributed by atoms with Gasteiger partial charge in [-0.15, -0.1) is 0 Å². The first-order valence-electron chi connectivity index (χ1n) is 21.6. The molecule has 5 amide bonds. The largest absolute Gasteiger partial charge is 0.444 e. The van der Waals surface area contributed by atoms with E-state index in [1.54, 1.807) is 25.7 Å². The van der Waals surface area contributed by atoms with E-state index in [1.165, 1.54) is 4.31 Å². The number of amides is 5. The fraction of sp³-hybridized carbons (Fsp3) is 0.881. The summed E-state index contributed by atoms with van der Waals surface area (Å²) in [5.74, 6) is -2.55. The third-order valence-corrected chi connectivity index (χ3v) is 16.2. The summed E-state index contributed by atoms with van der Waals surface area (Å²) in [6, 6.07) is -2.95. The van der Waals surface area contributed by atoms with Crippen LogP contribution in [0.5, 0.6) is 0 Å². The summed E-state index contributed by atoms with van der Waals surface area (Å²) < 4.78 is 35.5. The number of alkyl carbamates (subject to hydrolysis) is 1. The molecular weight excluding hydrogens is 749 g/mol. The van der Waals surface area contributed by atoms with E-state index in [0.717, 1.165) is 44.9 Å². The Bertz CT molecular complexity index is 1680. The second kappa shape index (κ2) is 15.9. The van der Waals surface area contributed by atoms with Crippen LogP contribution in [0.15, 0.2) is 0 Å². The summed E-state index contributed by atoms with van der Waals surface area (Å²) in [4.78, 5) is 72.9. The molecule has 1 spiro atoms. The van der Waals surface area contributed by atoms with E-state index in [2.05, 4.69) is 48.4 Å². The molecule has 5 fully saturated rings. The molecule has 2 aliphatic heterocycles. The van der Waals surface area contributed by atoms with Gasteiger partial charge in [0.05, 0.1) is 0 Å². The fourth-order valence-electron chi connectivity index (χ4n) is 10.8. The summed E-state index contributed by atoms with van der Waals surface area (Å²) in [7, 11) is -4.09. The molecule has 0 aromatic carbocycles. The third-order valence-electron chi connectivity index (χ3n) is 14.7. The monoisotopic (exact) mass is 821 g/mol. The first-order valence-corrected chi connectivity index (χ1v) is 23.0. The smallest absolute Gasteiger partial charge is 0.408 e. The van der Waals surface area contributed by atoms with Gasteiger partial charge in [0.15, 0.2) is 0 Å². The molecule has 0 aromatic rings. The van der Waals surface area contributed by atoms with Crippen LogP contribution in [0.1, 0.15) is 153 Å². The van der Waals surface area contributed by atoms with E-state index >= 15 is 4.79 Å². The van der Waals surface area contributed by atoms with E-state index < -0.39 is 80.0 Å². The van der Waals surface area contributed by atoms with Gasteiger partial charge in [0.1, 0.15) is 29.3 Å². The lowest BCUT2D eigenvalue weighted by Gasteiger charge is -2.38. The van der Waals surface area contributed by atoms with E-state index in [-0.39, 0.29) is 35.6 Å². The van der Waals surface area contributed by atoms with Crippen LogP contribution in [0, 0.1) is 33.5 Å². The number of nitrogens with zero attached hydrogens (tertiary/aromatic N) is 2. The predicted molar refractivity (Wildman–Crippen MR) is 218 cm³/mol. The van der Waals surface area contributed by atoms with Crippen LogP contribution in [-0.4, -0.2) is 96.2 Å². The lowest BCUT2D eigenvalue weighted by molar-refractivity contribution is -0.145. The first-order chi connectivity index (χ1) is 26.3. The lowest BCUT2D eigenvalue weighted by Crippen LogP contribution is -2.62. The fourth-order valence-corrected chi connectivity index (χ4v) is 12.1. The average molecular weight is 821 g/mol. The van der Waals surface area contributed by atoms with Gasteiger partial charge in [-0.05, 0) is 93.8 Å². The molecule has 14 nitrogen and oxygen atoms in total. The number of carbonyl (C=O) groups is 5. The standard InChI is InChI=1S/C42H72N6O8S/c1-12-21-40(11)39(9,10)41(40)25-29(32(49)45-42(24-28(42)13-2)35(52)46-57(54,55)47-22-17-18-23-47)48(26-41)34(51)31(37(3,4)5)44-33(50)30(27-19-15-14-16-20-27)43-36(53)56-38(6,7)8/h27-31H,12-26H2,1-11H3,(H,43,53)(H,44,50)(H,45,49)(H,46,52)/t28-,29+,30+,31-,40?,41-,42-/m1/s1. The zero-order valence-electron chi connectivity index (χ0n) is 36.6. The maximum atomic E-state index is 15.2. The molecule has 5 aliphatic rings. The Morgan fingerprint density at radius 1 is 0.860 bits per heavy atom. The maximum absolute atomic E-state index is 15.2. The zero-order valence-corrected chi connectivity index (χ0v) is 37.4. The highest BCUT2D eigenvalue weighted by Crippen LogP contribution is 2.83. The second-order valence-electron chi connectivity index (χ2n) is 20.6. The number of hydrogen-bond donors (Lipinski definition) is 4. The maximum Gasteiger partial charge on any atom is 0.408 e. The lowest BCUT2D eigenvalue weighted by atomic mass is 9.82. The van der Waals surface area contributed by atoms with Gasteiger partial charge in [0.2, 0.25) is 17.7 Å². The molecule has 324 valence electrons. The van der Waals surface area contributed by atoms with Crippen LogP contribution in [-0.2, 0) is 34.1 Å². The highest BCUT2D eigenvalue weighted by molar-refractivity contribution is 7.87. The summed E-state index contributed by atoms with van der Waals surface area (Å²) in [6.07, 6.45) is 8.14. The van der Waals surface area contributed by atoms with Crippen LogP contribution in [0.3, 0.4) is 0 Å². The van der Waals surface area contributed by atoms with Gasteiger partial charge in [-0.2, -0.15) is 12.7 Å². The van der Waals surface area contributed by atoms with E-state index in [4.69, 9.17) is 4.74 Å². The number of nitrogens with one attached hydrogen (secondary N) is 4. The molecule has 0 bridgehead atoms. The topological polar surface area (TPSA) is 183 Å². The highest BCUT2D eigenvalue weighted by Gasteiger charge is 2.81. The Hall–Kier alpha value is -2.94. The van der Waals surface area contributed by atoms with Gasteiger partial charge in [-0.3, -0.25) is 19.2 Å². The number of hydrogen-bond acceptors (Lipinski definition) is 8. The van der Waals surface area contributed by atoms with Crippen LogP contribution < -0.4 is 20.7 Å². The number of likely N-dealkylation sites (tertiary alicyclic amines) is 1. The first kappa shape index (κ1) is 45.1. The van der Waals surface area contributed by atoms with Gasteiger partial charge in [0.25, 0.3) is 5.91 Å². The zero-order chi connectivity index (χ0) is 42.6. The van der Waals surface area contributed by atoms with Crippen molar-refractivity contribution in [3.63, 3.8) is 0 Å². The Kier molecular flexibility index (Phi) is 12.6. The van der Waals surface area contributed by atoms with E-state index in [0.29, 0.717) is 38.8 Å². The molecule has 7 atom stereocenters. The number of carbonyl (C=O) groups excluding carboxylic acids is 5. The summed E-state index contributed by atoms with van der Waals surface area (Å²) in [5.41, 5.74) is -3.81. The molecule has 1 unspecified atom stereocenters. The summed E-state index contributed by atoms with van der Waals surface area (Å²) in [6.45, 7) is 22.5. The molecule has 0 radical (unpaired) electrons. The highest BCUT2D eigenvalue weighted by atomic mass is 32.2. The van der Waals surface area contributed by atoms with Gasteiger partial charge in [-0.25, -0.2) is 9.52 Å². The van der Waals surface area contributed by atoms with Crippen molar-refractivity contribution < 1.29 is 37.1 Å². The molecule has 4 N–H and O–H groups in total. The van der Waals surface area contributed by atoms with Crippen molar-refractivity contribution in [2.24, 2.45) is 33.5 Å². The molecule has 15 heteroatoms. The minimum Gasteiger partial charge on any atom is -0.444 e. The minimum absolute atomic E-state index is 0.140. The number of rotatable bonds is 13. The Morgan fingerprint density at radius 2 is 1.47 bits per heavy atom. The predicted octanol–water partition coefficient (Wildman–Crippen LogP) is 5.17. The molecule has 5 rings (SSSR count). The van der Waals surface area contributed by atoms with Crippen molar-refractivity contribution in [2.45, 2.75) is 182 Å². The Balaban J connectivity index is 1.45. The number of ether oxygens (including phenoxy) is 1. The molecule has 3 saturated carbocycles. The van der Waals surface area contributed by atoms with Crippen LogP contribution >= 0.6 is 0 Å². The molecule has 57 heavy (non-hydrogen) atoms. The molecule has 2 heterocycles. The van der Waals surface area contributed by atoms with Gasteiger partial charge in [0, 0.05) is 25.0 Å². The van der Waals surface area contributed by atoms with Crippen molar-refractivity contribution >= 4 is 39.9 Å². The normalized spacial score (nSPS) is 31.3. The van der Waals surface area contributed by atoms with Crippen molar-refractivity contribution in [2.75, 3.05) is 19.6 Å². The molecule has 2 saturated heterocycles. The van der Waals surface area contributed by atoms with E-state index in [1.807, 2.05) is 27.7 Å². The van der Waals surface area contributed by atoms with Gasteiger partial charge >= 0.3 is 16.3 Å². The van der Waals surface area contributed by atoms with Crippen molar-refractivity contribution in [1.29, 1.82) is 0 Å². The summed E-state index contributed by atoms with van der Waals surface area (Å²) in [5, 5.41) is 8.89. The molecular formula is C42H72N6O8S. The molecule has 3 aliphatic carbocycles. The summed E-state index contributed by atoms with van der Waals surface area (Å²) >= 11 is 0. The van der Waals surface area contributed by atoms with Crippen molar-refractivity contribution in [3.8, 4) is 0 Å². The Labute approximate surface area is 341 Å². The van der Waals surface area contributed by atoms with Crippen molar-refractivity contribution in [1.82, 2.24) is 29.9 Å². The molecule has 0 aromatic heterocycles. The quantitative estimate of drug-likeness (QED) is 0.196. The van der Waals surface area contributed by atoms with E-state index in [9.17, 15) is 27.6 Å². The average Bonchev–Trinajstić information content (AvgIpc) is 3.55.